The zero-order valence-electron chi connectivity index (χ0n) is 13.1. The lowest BCUT2D eigenvalue weighted by Gasteiger charge is -2.23. The van der Waals surface area contributed by atoms with E-state index in [2.05, 4.69) is 5.32 Å². The molecule has 126 valence electrons. The highest BCUT2D eigenvalue weighted by Crippen LogP contribution is 2.18. The number of unbranched alkanes of at least 4 members (excludes halogenated alkanes) is 1. The summed E-state index contributed by atoms with van der Waals surface area (Å²) in [6, 6.07) is 7.08. The quantitative estimate of drug-likeness (QED) is 0.717. The zero-order valence-corrected chi connectivity index (χ0v) is 13.1. The van der Waals surface area contributed by atoms with Crippen LogP contribution in [0.3, 0.4) is 0 Å². The summed E-state index contributed by atoms with van der Waals surface area (Å²) in [6.45, 7) is 1.94. The Kier molecular flexibility index (Phi) is 6.87. The lowest BCUT2D eigenvalue weighted by atomic mass is 10.1. The summed E-state index contributed by atoms with van der Waals surface area (Å²) >= 11 is 0. The molecule has 1 aliphatic heterocycles. The van der Waals surface area contributed by atoms with Crippen LogP contribution in [0.25, 0.3) is 0 Å². The highest BCUT2D eigenvalue weighted by Gasteiger charge is 2.15. The monoisotopic (exact) mass is 321 g/mol. The maximum atomic E-state index is 12.0. The van der Waals surface area contributed by atoms with E-state index in [1.165, 1.54) is 0 Å². The molecule has 1 aromatic carbocycles. The van der Waals surface area contributed by atoms with Crippen molar-refractivity contribution < 1.29 is 24.2 Å². The van der Waals surface area contributed by atoms with Crippen molar-refractivity contribution in [2.24, 2.45) is 0 Å². The summed E-state index contributed by atoms with van der Waals surface area (Å²) in [5.74, 6) is -0.204. The number of aliphatic carboxylic acids is 1. The summed E-state index contributed by atoms with van der Waals surface area (Å²) in [7, 11) is 0. The molecule has 2 N–H and O–H groups in total. The molecule has 0 spiro atoms. The van der Waals surface area contributed by atoms with Crippen LogP contribution < -0.4 is 10.1 Å². The lowest BCUT2D eigenvalue weighted by molar-refractivity contribution is -0.137. The molecule has 6 heteroatoms. The largest absolute Gasteiger partial charge is 0.490 e. The van der Waals surface area contributed by atoms with E-state index in [9.17, 15) is 9.59 Å². The molecule has 0 aliphatic carbocycles. The van der Waals surface area contributed by atoms with Crippen LogP contribution in [0, 0.1) is 0 Å². The lowest BCUT2D eigenvalue weighted by Crippen LogP contribution is -2.26. The van der Waals surface area contributed by atoms with Gasteiger partial charge in [0.05, 0.1) is 13.2 Å². The Morgan fingerprint density at radius 2 is 1.87 bits per heavy atom. The number of rotatable bonds is 8. The second-order valence-electron chi connectivity index (χ2n) is 5.56. The van der Waals surface area contributed by atoms with Gasteiger partial charge in [-0.2, -0.15) is 0 Å². The number of benzene rings is 1. The maximum absolute atomic E-state index is 12.0. The number of amides is 1. The predicted octanol–water partition coefficient (Wildman–Crippen LogP) is 2.23. The first-order chi connectivity index (χ1) is 11.1. The number of ether oxygens (including phenoxy) is 2. The summed E-state index contributed by atoms with van der Waals surface area (Å²) in [4.78, 5) is 22.3. The Balaban J connectivity index is 1.72. The molecule has 1 aromatic rings. The van der Waals surface area contributed by atoms with Crippen molar-refractivity contribution in [1.29, 1.82) is 0 Å². The van der Waals surface area contributed by atoms with E-state index in [4.69, 9.17) is 14.6 Å². The Morgan fingerprint density at radius 1 is 1.17 bits per heavy atom. The molecule has 1 heterocycles. The third kappa shape index (κ3) is 6.28. The normalized spacial score (nSPS) is 15.1. The van der Waals surface area contributed by atoms with Crippen LogP contribution in [0.5, 0.6) is 5.75 Å². The Labute approximate surface area is 135 Å². The fourth-order valence-corrected chi connectivity index (χ4v) is 2.38. The van der Waals surface area contributed by atoms with Crippen molar-refractivity contribution in [3.63, 3.8) is 0 Å². The van der Waals surface area contributed by atoms with E-state index in [0.717, 1.165) is 31.8 Å². The number of carbonyl (C=O) groups excluding carboxylic acids is 1. The molecule has 0 aromatic heterocycles. The van der Waals surface area contributed by atoms with Gasteiger partial charge < -0.3 is 19.9 Å². The van der Waals surface area contributed by atoms with Gasteiger partial charge in [-0.05, 0) is 37.1 Å². The fourth-order valence-electron chi connectivity index (χ4n) is 2.38. The van der Waals surface area contributed by atoms with Gasteiger partial charge in [0.15, 0.2) is 0 Å². The van der Waals surface area contributed by atoms with E-state index in [1.54, 1.807) is 24.3 Å². The molecule has 0 radical (unpaired) electrons. The molecule has 1 aliphatic rings. The SMILES string of the molecule is O=C(O)CCCCNC(=O)c1ccc(OC2CCOCC2)cc1. The number of hydrogen-bond acceptors (Lipinski definition) is 4. The van der Waals surface area contributed by atoms with Crippen molar-refractivity contribution >= 4 is 11.9 Å². The number of hydrogen-bond donors (Lipinski definition) is 2. The molecule has 0 atom stereocenters. The number of nitrogens with one attached hydrogen (secondary N) is 1. The van der Waals surface area contributed by atoms with E-state index in [-0.39, 0.29) is 18.4 Å². The molecular weight excluding hydrogens is 298 g/mol. The van der Waals surface area contributed by atoms with Gasteiger partial charge in [-0.3, -0.25) is 9.59 Å². The molecule has 1 amide bonds. The highest BCUT2D eigenvalue weighted by molar-refractivity contribution is 5.94. The Bertz CT molecular complexity index is 508. The van der Waals surface area contributed by atoms with Crippen LogP contribution >= 0.6 is 0 Å². The topological polar surface area (TPSA) is 84.9 Å². The molecule has 0 bridgehead atoms. The summed E-state index contributed by atoms with van der Waals surface area (Å²) in [6.07, 6.45) is 3.31. The summed E-state index contributed by atoms with van der Waals surface area (Å²) < 4.78 is 11.1. The average Bonchev–Trinajstić information content (AvgIpc) is 2.56. The van der Waals surface area contributed by atoms with Gasteiger partial charge in [0.25, 0.3) is 5.91 Å². The minimum Gasteiger partial charge on any atom is -0.490 e. The van der Waals surface area contributed by atoms with Gasteiger partial charge in [0.1, 0.15) is 11.9 Å². The smallest absolute Gasteiger partial charge is 0.303 e. The van der Waals surface area contributed by atoms with Crippen molar-refractivity contribution in [2.45, 2.75) is 38.2 Å². The van der Waals surface area contributed by atoms with Crippen molar-refractivity contribution in [3.8, 4) is 5.75 Å². The van der Waals surface area contributed by atoms with Gasteiger partial charge in [-0.15, -0.1) is 0 Å². The molecule has 2 rings (SSSR count). The second-order valence-corrected chi connectivity index (χ2v) is 5.56. The highest BCUT2D eigenvalue weighted by atomic mass is 16.5. The van der Waals surface area contributed by atoms with Gasteiger partial charge >= 0.3 is 5.97 Å². The van der Waals surface area contributed by atoms with Gasteiger partial charge in [0.2, 0.25) is 0 Å². The third-order valence-corrected chi connectivity index (χ3v) is 3.69. The minimum absolute atomic E-state index is 0.133. The van der Waals surface area contributed by atoms with E-state index in [0.29, 0.717) is 24.9 Å². The number of carbonyl (C=O) groups is 2. The molecule has 23 heavy (non-hydrogen) atoms. The standard InChI is InChI=1S/C17H23NO5/c19-16(20)3-1-2-10-18-17(21)13-4-6-14(7-5-13)23-15-8-11-22-12-9-15/h4-7,15H,1-3,8-12H2,(H,18,21)(H,19,20). The van der Waals surface area contributed by atoms with Gasteiger partial charge in [-0.25, -0.2) is 0 Å². The Morgan fingerprint density at radius 3 is 2.52 bits per heavy atom. The molecule has 6 nitrogen and oxygen atoms in total. The van der Waals surface area contributed by atoms with Gasteiger partial charge in [0, 0.05) is 31.4 Å². The molecular formula is C17H23NO5. The Hall–Kier alpha value is -2.08. The minimum atomic E-state index is -0.809. The van der Waals surface area contributed by atoms with E-state index in [1.807, 2.05) is 0 Å². The van der Waals surface area contributed by atoms with E-state index < -0.39 is 5.97 Å². The van der Waals surface area contributed by atoms with Crippen molar-refractivity contribution in [3.05, 3.63) is 29.8 Å². The summed E-state index contributed by atoms with van der Waals surface area (Å²) in [5, 5.41) is 11.3. The first-order valence-corrected chi connectivity index (χ1v) is 7.99. The van der Waals surface area contributed by atoms with Crippen molar-refractivity contribution in [1.82, 2.24) is 5.32 Å². The predicted molar refractivity (Wildman–Crippen MR) is 84.7 cm³/mol. The molecule has 1 fully saturated rings. The van der Waals surface area contributed by atoms with Gasteiger partial charge in [-0.1, -0.05) is 0 Å². The molecule has 0 saturated carbocycles. The average molecular weight is 321 g/mol. The maximum Gasteiger partial charge on any atom is 0.303 e. The molecule has 1 saturated heterocycles. The van der Waals surface area contributed by atoms with E-state index >= 15 is 0 Å². The first kappa shape index (κ1) is 17.3. The fraction of sp³-hybridized carbons (Fsp3) is 0.529. The first-order valence-electron chi connectivity index (χ1n) is 7.99. The number of carboxylic acids is 1. The molecule has 0 unspecified atom stereocenters. The second kappa shape index (κ2) is 9.15. The van der Waals surface area contributed by atoms with Crippen LogP contribution in [0.4, 0.5) is 0 Å². The van der Waals surface area contributed by atoms with Crippen LogP contribution in [0.1, 0.15) is 42.5 Å². The van der Waals surface area contributed by atoms with Crippen LogP contribution in [0.2, 0.25) is 0 Å². The summed E-state index contributed by atoms with van der Waals surface area (Å²) in [5.41, 5.74) is 0.572. The van der Waals surface area contributed by atoms with Crippen molar-refractivity contribution in [2.75, 3.05) is 19.8 Å². The number of carboxylic acid groups (broad SMARTS) is 1. The van der Waals surface area contributed by atoms with Crippen LogP contribution in [0.15, 0.2) is 24.3 Å². The zero-order chi connectivity index (χ0) is 16.5. The third-order valence-electron chi connectivity index (χ3n) is 3.69. The van der Waals surface area contributed by atoms with Crippen LogP contribution in [-0.4, -0.2) is 42.8 Å². The van der Waals surface area contributed by atoms with Crippen LogP contribution in [-0.2, 0) is 9.53 Å².